The minimum absolute atomic E-state index is 0.149. The lowest BCUT2D eigenvalue weighted by Crippen LogP contribution is -2.31. The molecule has 0 aliphatic carbocycles. The summed E-state index contributed by atoms with van der Waals surface area (Å²) in [7, 11) is -3.71. The molecule has 0 saturated heterocycles. The van der Waals surface area contributed by atoms with E-state index in [0.29, 0.717) is 29.2 Å². The predicted molar refractivity (Wildman–Crippen MR) is 84.7 cm³/mol. The van der Waals surface area contributed by atoms with Gasteiger partial charge in [0.05, 0.1) is 11.4 Å². The van der Waals surface area contributed by atoms with E-state index in [1.165, 1.54) is 16.4 Å². The van der Waals surface area contributed by atoms with Crippen LogP contribution in [0, 0.1) is 11.3 Å². The van der Waals surface area contributed by atoms with E-state index in [9.17, 15) is 8.42 Å². The van der Waals surface area contributed by atoms with E-state index in [0.717, 1.165) is 11.3 Å². The standard InChI is InChI=1S/C14H15N3O2S2/c1-2-9-17(13-6-4-3-5-12(13)16)21(18,19)14-8-7-11(10-15)20-14/h3-8H,2,9,16H2,1H3. The fourth-order valence-electron chi connectivity index (χ4n) is 1.92. The molecular weight excluding hydrogens is 306 g/mol. The zero-order chi connectivity index (χ0) is 15.5. The lowest BCUT2D eigenvalue weighted by Gasteiger charge is -2.24. The van der Waals surface area contributed by atoms with Crippen LogP contribution in [0.2, 0.25) is 0 Å². The second-order valence-corrected chi connectivity index (χ2v) is 7.54. The summed E-state index contributed by atoms with van der Waals surface area (Å²) in [6.07, 6.45) is 0.657. The van der Waals surface area contributed by atoms with Gasteiger partial charge >= 0.3 is 0 Å². The minimum Gasteiger partial charge on any atom is -0.397 e. The summed E-state index contributed by atoms with van der Waals surface area (Å²) in [5.74, 6) is 0. The number of rotatable bonds is 5. The van der Waals surface area contributed by atoms with E-state index in [4.69, 9.17) is 11.0 Å². The third kappa shape index (κ3) is 3.01. The maximum Gasteiger partial charge on any atom is 0.273 e. The Balaban J connectivity index is 2.52. The van der Waals surface area contributed by atoms with Gasteiger partial charge in [-0.25, -0.2) is 8.42 Å². The zero-order valence-corrected chi connectivity index (χ0v) is 13.1. The summed E-state index contributed by atoms with van der Waals surface area (Å²) in [6.45, 7) is 2.23. The molecule has 2 N–H and O–H groups in total. The Labute approximate surface area is 128 Å². The SMILES string of the molecule is CCCN(c1ccccc1N)S(=O)(=O)c1ccc(C#N)s1. The summed E-state index contributed by atoms with van der Waals surface area (Å²) < 4.78 is 27.0. The van der Waals surface area contributed by atoms with Gasteiger partial charge in [-0.3, -0.25) is 4.31 Å². The van der Waals surface area contributed by atoms with Gasteiger partial charge in [-0.2, -0.15) is 5.26 Å². The number of nitrogen functional groups attached to an aromatic ring is 1. The average molecular weight is 321 g/mol. The number of para-hydroxylation sites is 2. The van der Waals surface area contributed by atoms with Gasteiger partial charge < -0.3 is 5.73 Å². The van der Waals surface area contributed by atoms with Crippen molar-refractivity contribution in [3.05, 3.63) is 41.3 Å². The van der Waals surface area contributed by atoms with Crippen LogP contribution < -0.4 is 10.0 Å². The first kappa shape index (κ1) is 15.4. The Morgan fingerprint density at radius 2 is 2.00 bits per heavy atom. The average Bonchev–Trinajstić information content (AvgIpc) is 2.95. The highest BCUT2D eigenvalue weighted by Gasteiger charge is 2.27. The number of thiophene rings is 1. The van der Waals surface area contributed by atoms with Crippen molar-refractivity contribution >= 4 is 32.7 Å². The number of nitrogens with zero attached hydrogens (tertiary/aromatic N) is 2. The molecule has 21 heavy (non-hydrogen) atoms. The molecule has 0 unspecified atom stereocenters. The Bertz CT molecular complexity index is 776. The summed E-state index contributed by atoms with van der Waals surface area (Å²) in [5, 5.41) is 8.85. The van der Waals surface area contributed by atoms with Gasteiger partial charge in [0, 0.05) is 6.54 Å². The van der Waals surface area contributed by atoms with E-state index in [-0.39, 0.29) is 4.21 Å². The van der Waals surface area contributed by atoms with E-state index in [1.807, 2.05) is 13.0 Å². The Kier molecular flexibility index (Phi) is 4.50. The number of benzene rings is 1. The van der Waals surface area contributed by atoms with Crippen LogP contribution in [-0.4, -0.2) is 15.0 Å². The van der Waals surface area contributed by atoms with Crippen LogP contribution in [0.15, 0.2) is 40.6 Å². The fraction of sp³-hybridized carbons (Fsp3) is 0.214. The molecule has 110 valence electrons. The Morgan fingerprint density at radius 1 is 1.29 bits per heavy atom. The van der Waals surface area contributed by atoms with Crippen molar-refractivity contribution in [3.63, 3.8) is 0 Å². The summed E-state index contributed by atoms with van der Waals surface area (Å²) in [4.78, 5) is 0.367. The van der Waals surface area contributed by atoms with E-state index in [2.05, 4.69) is 0 Å². The molecule has 5 nitrogen and oxygen atoms in total. The molecule has 1 aromatic heterocycles. The first-order valence-corrected chi connectivity index (χ1v) is 8.63. The highest BCUT2D eigenvalue weighted by molar-refractivity contribution is 7.94. The molecule has 0 aliphatic heterocycles. The number of sulfonamides is 1. The van der Waals surface area contributed by atoms with Gasteiger partial charge in [-0.1, -0.05) is 19.1 Å². The second-order valence-electron chi connectivity index (χ2n) is 4.37. The maximum absolute atomic E-state index is 12.8. The van der Waals surface area contributed by atoms with Crippen LogP contribution in [0.5, 0.6) is 0 Å². The normalized spacial score (nSPS) is 11.0. The summed E-state index contributed by atoms with van der Waals surface area (Å²) in [6, 6.07) is 11.8. The Morgan fingerprint density at radius 3 is 2.57 bits per heavy atom. The molecule has 0 atom stereocenters. The molecule has 0 amide bonds. The van der Waals surface area contributed by atoms with Crippen LogP contribution in [0.25, 0.3) is 0 Å². The van der Waals surface area contributed by atoms with Crippen molar-refractivity contribution in [2.24, 2.45) is 0 Å². The second kappa shape index (κ2) is 6.16. The first-order valence-electron chi connectivity index (χ1n) is 6.38. The molecule has 2 rings (SSSR count). The van der Waals surface area contributed by atoms with Crippen molar-refractivity contribution < 1.29 is 8.42 Å². The van der Waals surface area contributed by atoms with Crippen molar-refractivity contribution in [1.29, 1.82) is 5.26 Å². The van der Waals surface area contributed by atoms with Crippen LogP contribution in [0.3, 0.4) is 0 Å². The zero-order valence-electron chi connectivity index (χ0n) is 11.5. The van der Waals surface area contributed by atoms with Crippen molar-refractivity contribution in [1.82, 2.24) is 0 Å². The lowest BCUT2D eigenvalue weighted by molar-refractivity contribution is 0.592. The fourth-order valence-corrected chi connectivity index (χ4v) is 4.72. The molecule has 0 spiro atoms. The van der Waals surface area contributed by atoms with E-state index < -0.39 is 10.0 Å². The van der Waals surface area contributed by atoms with Gasteiger partial charge in [0.2, 0.25) is 0 Å². The molecule has 7 heteroatoms. The van der Waals surface area contributed by atoms with E-state index in [1.54, 1.807) is 24.3 Å². The number of hydrogen-bond donors (Lipinski definition) is 1. The van der Waals surface area contributed by atoms with Crippen LogP contribution in [-0.2, 0) is 10.0 Å². The number of hydrogen-bond acceptors (Lipinski definition) is 5. The molecular formula is C14H15N3O2S2. The smallest absolute Gasteiger partial charge is 0.273 e. The minimum atomic E-state index is -3.71. The highest BCUT2D eigenvalue weighted by atomic mass is 32.2. The van der Waals surface area contributed by atoms with Crippen molar-refractivity contribution in [2.45, 2.75) is 17.6 Å². The largest absolute Gasteiger partial charge is 0.397 e. The van der Waals surface area contributed by atoms with Gasteiger partial charge in [0.25, 0.3) is 10.0 Å². The van der Waals surface area contributed by atoms with Gasteiger partial charge in [-0.15, -0.1) is 11.3 Å². The quantitative estimate of drug-likeness (QED) is 0.858. The third-order valence-corrected chi connectivity index (χ3v) is 6.14. The molecule has 1 heterocycles. The van der Waals surface area contributed by atoms with E-state index >= 15 is 0 Å². The first-order chi connectivity index (χ1) is 10.0. The Hall–Kier alpha value is -2.04. The molecule has 0 bridgehead atoms. The van der Waals surface area contributed by atoms with Crippen molar-refractivity contribution in [3.8, 4) is 6.07 Å². The molecule has 0 aliphatic rings. The van der Waals surface area contributed by atoms with Gasteiger partial charge in [0.15, 0.2) is 0 Å². The lowest BCUT2D eigenvalue weighted by atomic mass is 10.2. The molecule has 2 aromatic rings. The third-order valence-electron chi connectivity index (χ3n) is 2.87. The molecule has 0 fully saturated rings. The molecule has 0 radical (unpaired) electrons. The molecule has 1 aromatic carbocycles. The summed E-state index contributed by atoms with van der Waals surface area (Å²) >= 11 is 0.963. The predicted octanol–water partition coefficient (Wildman–Crippen LogP) is 2.81. The molecule has 0 saturated carbocycles. The maximum atomic E-state index is 12.8. The summed E-state index contributed by atoms with van der Waals surface area (Å²) in [5.41, 5.74) is 6.78. The topological polar surface area (TPSA) is 87.2 Å². The van der Waals surface area contributed by atoms with Crippen molar-refractivity contribution in [2.75, 3.05) is 16.6 Å². The van der Waals surface area contributed by atoms with Gasteiger partial charge in [-0.05, 0) is 30.7 Å². The number of nitriles is 1. The van der Waals surface area contributed by atoms with Crippen LogP contribution >= 0.6 is 11.3 Å². The number of anilines is 2. The monoisotopic (exact) mass is 321 g/mol. The van der Waals surface area contributed by atoms with Gasteiger partial charge in [0.1, 0.15) is 15.2 Å². The van der Waals surface area contributed by atoms with Crippen LogP contribution in [0.1, 0.15) is 18.2 Å². The highest BCUT2D eigenvalue weighted by Crippen LogP contribution is 2.31. The van der Waals surface area contributed by atoms with Crippen LogP contribution in [0.4, 0.5) is 11.4 Å². The number of nitrogens with two attached hydrogens (primary N) is 1.